The van der Waals surface area contributed by atoms with E-state index in [2.05, 4.69) is 0 Å². The van der Waals surface area contributed by atoms with Crippen molar-refractivity contribution in [3.63, 3.8) is 0 Å². The van der Waals surface area contributed by atoms with E-state index in [1.54, 1.807) is 4.90 Å². The van der Waals surface area contributed by atoms with Crippen molar-refractivity contribution in [3.05, 3.63) is 35.9 Å². The van der Waals surface area contributed by atoms with E-state index in [1.165, 1.54) is 8.61 Å². The smallest absolute Gasteiger partial charge is 0.282 e. The van der Waals surface area contributed by atoms with E-state index < -0.39 is 10.2 Å². The number of nitrogens with zero attached hydrogens (tertiary/aromatic N) is 3. The lowest BCUT2D eigenvalue weighted by atomic mass is 10.2. The van der Waals surface area contributed by atoms with Gasteiger partial charge in [-0.2, -0.15) is 17.0 Å². The van der Waals surface area contributed by atoms with E-state index in [9.17, 15) is 13.2 Å². The lowest BCUT2D eigenvalue weighted by Gasteiger charge is -2.35. The molecule has 7 heteroatoms. The molecule has 1 amide bonds. The van der Waals surface area contributed by atoms with Gasteiger partial charge in [-0.3, -0.25) is 4.79 Å². The van der Waals surface area contributed by atoms with Crippen LogP contribution < -0.4 is 0 Å². The third kappa shape index (κ3) is 4.31. The average Bonchev–Trinajstić information content (AvgIpc) is 2.53. The number of hydrogen-bond donors (Lipinski definition) is 0. The molecule has 0 bridgehead atoms. The summed E-state index contributed by atoms with van der Waals surface area (Å²) in [7, 11) is -3.59. The molecule has 0 spiro atoms. The largest absolute Gasteiger partial charge is 0.342 e. The first kappa shape index (κ1) is 17.9. The van der Waals surface area contributed by atoms with Gasteiger partial charge in [0.05, 0.1) is 6.54 Å². The zero-order valence-corrected chi connectivity index (χ0v) is 14.6. The summed E-state index contributed by atoms with van der Waals surface area (Å²) in [5, 5.41) is 0. The molecular formula is C16H25N3O3S. The summed E-state index contributed by atoms with van der Waals surface area (Å²) in [6, 6.07) is 9.52. The Morgan fingerprint density at radius 2 is 1.70 bits per heavy atom. The molecule has 2 rings (SSSR count). The Balaban J connectivity index is 2.09. The van der Waals surface area contributed by atoms with E-state index in [0.717, 1.165) is 12.0 Å². The molecule has 1 fully saturated rings. The summed E-state index contributed by atoms with van der Waals surface area (Å²) in [5.74, 6) is -0.139. The van der Waals surface area contributed by atoms with Crippen LogP contribution in [0.3, 0.4) is 0 Å². The second-order valence-electron chi connectivity index (χ2n) is 5.58. The van der Waals surface area contributed by atoms with Crippen LogP contribution in [0.25, 0.3) is 0 Å². The van der Waals surface area contributed by atoms with Crippen LogP contribution in [0.1, 0.15) is 25.8 Å². The van der Waals surface area contributed by atoms with Gasteiger partial charge in [0.2, 0.25) is 5.91 Å². The molecule has 1 aliphatic heterocycles. The highest BCUT2D eigenvalue weighted by molar-refractivity contribution is 7.86. The number of amides is 1. The fourth-order valence-electron chi connectivity index (χ4n) is 2.75. The van der Waals surface area contributed by atoms with E-state index >= 15 is 0 Å². The van der Waals surface area contributed by atoms with Gasteiger partial charge in [0.15, 0.2) is 0 Å². The third-order valence-electron chi connectivity index (χ3n) is 4.10. The molecule has 1 aromatic rings. The van der Waals surface area contributed by atoms with Crippen LogP contribution in [0.15, 0.2) is 30.3 Å². The van der Waals surface area contributed by atoms with Crippen molar-refractivity contribution < 1.29 is 13.2 Å². The zero-order valence-electron chi connectivity index (χ0n) is 13.8. The first-order chi connectivity index (χ1) is 11.0. The van der Waals surface area contributed by atoms with Gasteiger partial charge in [0.25, 0.3) is 10.2 Å². The average molecular weight is 339 g/mol. The minimum Gasteiger partial charge on any atom is -0.342 e. The maximum Gasteiger partial charge on any atom is 0.282 e. The Kier molecular flexibility index (Phi) is 6.15. The molecule has 0 aromatic heterocycles. The summed E-state index contributed by atoms with van der Waals surface area (Å²) in [6.07, 6.45) is 0.734. The number of carbonyl (C=O) groups excluding carboxylic acids is 1. The summed E-state index contributed by atoms with van der Waals surface area (Å²) in [5.41, 5.74) is 0.952. The molecule has 0 saturated carbocycles. The van der Waals surface area contributed by atoms with Crippen molar-refractivity contribution in [2.75, 3.05) is 32.7 Å². The second-order valence-corrected chi connectivity index (χ2v) is 7.51. The van der Waals surface area contributed by atoms with Gasteiger partial charge in [-0.1, -0.05) is 30.3 Å². The van der Waals surface area contributed by atoms with Gasteiger partial charge in [-0.25, -0.2) is 0 Å². The molecule has 0 N–H and O–H groups in total. The standard InChI is InChI=1S/C16H25N3O3S/c1-3-17(4-2)16(20)14-19-12-8-11-18(23(19,21)22)13-15-9-6-5-7-10-15/h5-7,9-10H,3-4,8,11-14H2,1-2H3. The third-order valence-corrected chi connectivity index (χ3v) is 6.03. The minimum absolute atomic E-state index is 0.0741. The van der Waals surface area contributed by atoms with Gasteiger partial charge in [-0.05, 0) is 25.8 Å². The van der Waals surface area contributed by atoms with Crippen molar-refractivity contribution in [2.24, 2.45) is 0 Å². The minimum atomic E-state index is -3.59. The Morgan fingerprint density at radius 1 is 1.09 bits per heavy atom. The first-order valence-electron chi connectivity index (χ1n) is 8.06. The normalized spacial score (nSPS) is 18.7. The number of likely N-dealkylation sites (N-methyl/N-ethyl adjacent to an activating group) is 1. The van der Waals surface area contributed by atoms with Gasteiger partial charge in [0, 0.05) is 32.7 Å². The molecule has 6 nitrogen and oxygen atoms in total. The van der Waals surface area contributed by atoms with Crippen molar-refractivity contribution >= 4 is 16.1 Å². The highest BCUT2D eigenvalue weighted by Gasteiger charge is 2.35. The summed E-state index contributed by atoms with van der Waals surface area (Å²) in [4.78, 5) is 13.9. The monoisotopic (exact) mass is 339 g/mol. The molecule has 0 aliphatic carbocycles. The predicted molar refractivity (Wildman–Crippen MR) is 89.9 cm³/mol. The van der Waals surface area contributed by atoms with Crippen LogP contribution in [-0.4, -0.2) is 60.6 Å². The molecule has 1 saturated heterocycles. The highest BCUT2D eigenvalue weighted by atomic mass is 32.2. The summed E-state index contributed by atoms with van der Waals surface area (Å²) < 4.78 is 28.2. The lowest BCUT2D eigenvalue weighted by molar-refractivity contribution is -0.131. The SMILES string of the molecule is CCN(CC)C(=O)CN1CCCN(Cc2ccccc2)S1(=O)=O. The summed E-state index contributed by atoms with van der Waals surface area (Å²) >= 11 is 0. The summed E-state index contributed by atoms with van der Waals surface area (Å²) in [6.45, 7) is 6.15. The molecule has 1 aliphatic rings. The van der Waals surface area contributed by atoms with Gasteiger partial charge >= 0.3 is 0 Å². The highest BCUT2D eigenvalue weighted by Crippen LogP contribution is 2.19. The number of benzene rings is 1. The van der Waals surface area contributed by atoms with E-state index in [1.807, 2.05) is 44.2 Å². The Morgan fingerprint density at radius 3 is 2.30 bits per heavy atom. The van der Waals surface area contributed by atoms with Crippen LogP contribution in [0, 0.1) is 0 Å². The van der Waals surface area contributed by atoms with Crippen molar-refractivity contribution in [3.8, 4) is 0 Å². The quantitative estimate of drug-likeness (QED) is 0.785. The zero-order chi connectivity index (χ0) is 16.9. The number of hydrogen-bond acceptors (Lipinski definition) is 3. The number of rotatable bonds is 6. The Labute approximate surface area is 138 Å². The first-order valence-corrected chi connectivity index (χ1v) is 9.45. The predicted octanol–water partition coefficient (Wildman–Crippen LogP) is 1.31. The Bertz CT molecular complexity index is 615. The maximum atomic E-state index is 12.7. The topological polar surface area (TPSA) is 60.9 Å². The van der Waals surface area contributed by atoms with E-state index in [4.69, 9.17) is 0 Å². The van der Waals surface area contributed by atoms with Crippen LogP contribution in [0.2, 0.25) is 0 Å². The van der Waals surface area contributed by atoms with Crippen molar-refractivity contribution in [2.45, 2.75) is 26.8 Å². The van der Waals surface area contributed by atoms with E-state index in [0.29, 0.717) is 32.7 Å². The molecule has 0 radical (unpaired) electrons. The maximum absolute atomic E-state index is 12.7. The molecule has 23 heavy (non-hydrogen) atoms. The molecule has 1 aromatic carbocycles. The van der Waals surface area contributed by atoms with Crippen LogP contribution in [-0.2, 0) is 21.5 Å². The molecule has 0 atom stereocenters. The van der Waals surface area contributed by atoms with Crippen LogP contribution in [0.5, 0.6) is 0 Å². The number of carbonyl (C=O) groups is 1. The fraction of sp³-hybridized carbons (Fsp3) is 0.562. The van der Waals surface area contributed by atoms with Gasteiger partial charge < -0.3 is 4.90 Å². The lowest BCUT2D eigenvalue weighted by Crippen LogP contribution is -2.52. The molecular weight excluding hydrogens is 314 g/mol. The second kappa shape index (κ2) is 7.90. The molecule has 0 unspecified atom stereocenters. The Hall–Kier alpha value is -1.44. The fourth-order valence-corrected chi connectivity index (χ4v) is 4.38. The van der Waals surface area contributed by atoms with E-state index in [-0.39, 0.29) is 12.5 Å². The molecule has 128 valence electrons. The van der Waals surface area contributed by atoms with Crippen molar-refractivity contribution in [1.29, 1.82) is 0 Å². The van der Waals surface area contributed by atoms with Crippen LogP contribution in [0.4, 0.5) is 0 Å². The molecule has 1 heterocycles. The van der Waals surface area contributed by atoms with Gasteiger partial charge in [-0.15, -0.1) is 0 Å². The van der Waals surface area contributed by atoms with Crippen LogP contribution >= 0.6 is 0 Å². The van der Waals surface area contributed by atoms with Gasteiger partial charge in [0.1, 0.15) is 0 Å². The van der Waals surface area contributed by atoms with Crippen molar-refractivity contribution in [1.82, 2.24) is 13.5 Å².